The number of nitrogens with zero attached hydrogens (tertiary/aromatic N) is 2. The van der Waals surface area contributed by atoms with E-state index in [0.717, 1.165) is 0 Å². The monoisotopic (exact) mass is 242 g/mol. The molecule has 100 valence electrons. The average Bonchev–Trinajstić information content (AvgIpc) is 1.95. The first-order valence-corrected chi connectivity index (χ1v) is 5.74. The van der Waals surface area contributed by atoms with Crippen LogP contribution in [0, 0.1) is 0 Å². The first-order chi connectivity index (χ1) is 7.41. The quantitative estimate of drug-likeness (QED) is 0.424. The second kappa shape index (κ2) is 5.43. The molecule has 0 radical (unpaired) electrons. The summed E-state index contributed by atoms with van der Waals surface area (Å²) in [5, 5.41) is 0. The molecule has 0 aromatic rings. The van der Waals surface area contributed by atoms with Crippen molar-refractivity contribution in [3.05, 3.63) is 12.5 Å². The van der Waals surface area contributed by atoms with Gasteiger partial charge in [0.05, 0.1) is 0 Å². The van der Waals surface area contributed by atoms with Crippen molar-refractivity contribution in [2.75, 3.05) is 14.1 Å². The fourth-order valence-corrected chi connectivity index (χ4v) is 0.971. The van der Waals surface area contributed by atoms with Gasteiger partial charge in [0, 0.05) is 14.1 Å². The molecule has 0 saturated heterocycles. The van der Waals surface area contributed by atoms with Gasteiger partial charge in [-0.05, 0) is 48.1 Å². The first-order valence-electron chi connectivity index (χ1n) is 5.74. The molecule has 0 rings (SSSR count). The molecule has 0 amide bonds. The molecule has 0 heterocycles. The highest BCUT2D eigenvalue weighted by Crippen LogP contribution is 2.15. The lowest BCUT2D eigenvalue weighted by atomic mass is 10.2. The molecule has 0 bridgehead atoms. The third-order valence-corrected chi connectivity index (χ3v) is 1.42. The van der Waals surface area contributed by atoms with Crippen molar-refractivity contribution in [2.24, 2.45) is 4.99 Å². The summed E-state index contributed by atoms with van der Waals surface area (Å²) in [6, 6.07) is 0.492. The van der Waals surface area contributed by atoms with Crippen LogP contribution in [-0.2, 0) is 9.47 Å². The molecule has 0 atom stereocenters. The summed E-state index contributed by atoms with van der Waals surface area (Å²) in [5.74, 6) is 0.352. The third kappa shape index (κ3) is 8.60. The highest BCUT2D eigenvalue weighted by Gasteiger charge is 2.18. The number of rotatable bonds is 2. The van der Waals surface area contributed by atoms with E-state index < -0.39 is 0 Å². The third-order valence-electron chi connectivity index (χ3n) is 1.42. The zero-order chi connectivity index (χ0) is 13.9. The highest BCUT2D eigenvalue weighted by molar-refractivity contribution is 5.74. The Morgan fingerprint density at radius 3 is 1.65 bits per heavy atom. The van der Waals surface area contributed by atoms with Gasteiger partial charge in [-0.1, -0.05) is 0 Å². The molecule has 0 aromatic heterocycles. The molecule has 0 aliphatic rings. The summed E-state index contributed by atoms with van der Waals surface area (Å²) in [4.78, 5) is 6.04. The number of ether oxygens (including phenoxy) is 2. The molecular weight excluding hydrogens is 216 g/mol. The van der Waals surface area contributed by atoms with Crippen LogP contribution in [0.1, 0.15) is 41.5 Å². The van der Waals surface area contributed by atoms with Crippen molar-refractivity contribution in [1.82, 2.24) is 4.90 Å². The van der Waals surface area contributed by atoms with Crippen LogP contribution in [0.15, 0.2) is 17.5 Å². The lowest BCUT2D eigenvalue weighted by Gasteiger charge is -2.27. The minimum atomic E-state index is -0.306. The normalized spacial score (nSPS) is 13.3. The zero-order valence-corrected chi connectivity index (χ0v) is 12.4. The molecule has 0 aromatic carbocycles. The number of hydrogen-bond acceptors (Lipinski definition) is 3. The largest absolute Gasteiger partial charge is 0.472 e. The van der Waals surface area contributed by atoms with E-state index in [2.05, 4.69) is 11.6 Å². The van der Waals surface area contributed by atoms with Gasteiger partial charge in [0.1, 0.15) is 11.2 Å². The predicted molar refractivity (Wildman–Crippen MR) is 71.9 cm³/mol. The van der Waals surface area contributed by atoms with Crippen LogP contribution in [-0.4, -0.2) is 36.2 Å². The topological polar surface area (TPSA) is 34.1 Å². The van der Waals surface area contributed by atoms with E-state index in [0.29, 0.717) is 11.9 Å². The van der Waals surface area contributed by atoms with Gasteiger partial charge < -0.3 is 14.4 Å². The van der Waals surface area contributed by atoms with Gasteiger partial charge in [-0.25, -0.2) is 0 Å². The van der Waals surface area contributed by atoms with Crippen LogP contribution in [0.3, 0.4) is 0 Å². The molecule has 17 heavy (non-hydrogen) atoms. The minimum absolute atomic E-state index is 0.300. The van der Waals surface area contributed by atoms with E-state index in [9.17, 15) is 0 Å². The maximum atomic E-state index is 5.72. The summed E-state index contributed by atoms with van der Waals surface area (Å²) in [5.41, 5.74) is -0.606. The molecule has 0 aliphatic carbocycles. The van der Waals surface area contributed by atoms with E-state index in [4.69, 9.17) is 9.47 Å². The van der Waals surface area contributed by atoms with E-state index in [1.807, 2.05) is 55.6 Å². The summed E-state index contributed by atoms with van der Waals surface area (Å²) < 4.78 is 11.3. The van der Waals surface area contributed by atoms with Crippen LogP contribution in [0.25, 0.3) is 0 Å². The number of hydrogen-bond donors (Lipinski definition) is 0. The molecule has 0 N–H and O–H groups in total. The van der Waals surface area contributed by atoms with Gasteiger partial charge in [0.25, 0.3) is 6.02 Å². The van der Waals surface area contributed by atoms with Crippen LogP contribution in [0.5, 0.6) is 0 Å². The zero-order valence-electron chi connectivity index (χ0n) is 12.4. The van der Waals surface area contributed by atoms with Crippen molar-refractivity contribution in [1.29, 1.82) is 0 Å². The predicted octanol–water partition coefficient (Wildman–Crippen LogP) is 3.01. The Kier molecular flexibility index (Phi) is 5.05. The molecule has 0 saturated carbocycles. The number of aliphatic imine (C=N–C) groups is 1. The Morgan fingerprint density at radius 2 is 1.35 bits per heavy atom. The van der Waals surface area contributed by atoms with Crippen molar-refractivity contribution in [3.8, 4) is 0 Å². The average molecular weight is 242 g/mol. The standard InChI is InChI=1S/C13H26N2O2/c1-10(16-12(2,3)4)14-11(15(8)9)17-13(5,6)7/h1H2,2-9H3/b14-11+. The maximum absolute atomic E-state index is 5.72. The van der Waals surface area contributed by atoms with Crippen LogP contribution < -0.4 is 0 Å². The smallest absolute Gasteiger partial charge is 0.295 e. The Labute approximate surface area is 105 Å². The Balaban J connectivity index is 4.77. The highest BCUT2D eigenvalue weighted by atomic mass is 16.5. The van der Waals surface area contributed by atoms with Crippen molar-refractivity contribution >= 4 is 6.02 Å². The summed E-state index contributed by atoms with van der Waals surface area (Å²) in [6.45, 7) is 15.5. The Bertz CT molecular complexity index is 294. The second-order valence-corrected chi connectivity index (χ2v) is 6.11. The Hall–Kier alpha value is -1.19. The lowest BCUT2D eigenvalue weighted by Crippen LogP contribution is -2.33. The molecular formula is C13H26N2O2. The van der Waals surface area contributed by atoms with Crippen molar-refractivity contribution in [2.45, 2.75) is 52.7 Å². The lowest BCUT2D eigenvalue weighted by molar-refractivity contribution is 0.0480. The molecule has 4 heteroatoms. The second-order valence-electron chi connectivity index (χ2n) is 6.11. The molecule has 4 nitrogen and oxygen atoms in total. The summed E-state index contributed by atoms with van der Waals surface area (Å²) >= 11 is 0. The van der Waals surface area contributed by atoms with Crippen LogP contribution in [0.4, 0.5) is 0 Å². The van der Waals surface area contributed by atoms with Gasteiger partial charge in [-0.15, -0.1) is 0 Å². The molecule has 0 aliphatic heterocycles. The first kappa shape index (κ1) is 15.8. The molecule has 0 fully saturated rings. The van der Waals surface area contributed by atoms with E-state index >= 15 is 0 Å². The van der Waals surface area contributed by atoms with Gasteiger partial charge in [-0.2, -0.15) is 4.99 Å². The molecule has 0 spiro atoms. The van der Waals surface area contributed by atoms with Crippen LogP contribution >= 0.6 is 0 Å². The van der Waals surface area contributed by atoms with E-state index in [1.165, 1.54) is 0 Å². The fraction of sp³-hybridized carbons (Fsp3) is 0.769. The van der Waals surface area contributed by atoms with Crippen molar-refractivity contribution in [3.63, 3.8) is 0 Å². The minimum Gasteiger partial charge on any atom is -0.472 e. The van der Waals surface area contributed by atoms with Crippen LogP contribution in [0.2, 0.25) is 0 Å². The van der Waals surface area contributed by atoms with Crippen molar-refractivity contribution < 1.29 is 9.47 Å². The Morgan fingerprint density at radius 1 is 0.941 bits per heavy atom. The summed E-state index contributed by atoms with van der Waals surface area (Å²) in [6.07, 6.45) is 0. The van der Waals surface area contributed by atoms with Gasteiger partial charge in [-0.3, -0.25) is 0 Å². The van der Waals surface area contributed by atoms with E-state index in [-0.39, 0.29) is 11.2 Å². The maximum Gasteiger partial charge on any atom is 0.295 e. The van der Waals surface area contributed by atoms with Gasteiger partial charge >= 0.3 is 0 Å². The van der Waals surface area contributed by atoms with E-state index in [1.54, 1.807) is 4.90 Å². The summed E-state index contributed by atoms with van der Waals surface area (Å²) in [7, 11) is 3.74. The van der Waals surface area contributed by atoms with Gasteiger partial charge in [0.15, 0.2) is 0 Å². The SMILES string of the molecule is C=C(/N=C(/OC(C)(C)C)N(C)C)OC(C)(C)C. The number of amidine groups is 1. The fourth-order valence-electron chi connectivity index (χ4n) is 0.971. The van der Waals surface area contributed by atoms with Gasteiger partial charge in [0.2, 0.25) is 5.88 Å². The molecule has 0 unspecified atom stereocenters.